The second-order valence-electron chi connectivity index (χ2n) is 9.67. The highest BCUT2D eigenvalue weighted by atomic mass is 19.1. The van der Waals surface area contributed by atoms with Crippen molar-refractivity contribution in [2.45, 2.75) is 24.1 Å². The molecule has 1 saturated heterocycles. The van der Waals surface area contributed by atoms with Crippen molar-refractivity contribution in [3.63, 3.8) is 0 Å². The van der Waals surface area contributed by atoms with Gasteiger partial charge in [0.2, 0.25) is 17.7 Å². The highest BCUT2D eigenvalue weighted by Crippen LogP contribution is 2.36. The van der Waals surface area contributed by atoms with E-state index in [0.29, 0.717) is 0 Å². The van der Waals surface area contributed by atoms with E-state index in [9.17, 15) is 28.3 Å². The number of hydrogen-bond donors (Lipinski definition) is 1. The summed E-state index contributed by atoms with van der Waals surface area (Å²) in [6.07, 6.45) is 2.49. The molecule has 46 heavy (non-hydrogen) atoms. The van der Waals surface area contributed by atoms with Crippen molar-refractivity contribution in [2.75, 3.05) is 13.2 Å². The minimum Gasteiger partial charge on any atom is -0.488 e. The summed E-state index contributed by atoms with van der Waals surface area (Å²) in [5, 5.41) is 11.7. The molecule has 0 amide bonds. The number of carbonyl (C=O) groups excluding carboxylic acids is 3. The zero-order valence-electron chi connectivity index (χ0n) is 23.7. The number of aliphatic hydroxyl groups is 1. The summed E-state index contributed by atoms with van der Waals surface area (Å²) in [6.45, 7) is 2.11. The number of carbonyl (C=O) groups is 3. The number of rotatable bonds is 11. The first-order valence-electron chi connectivity index (χ1n) is 13.5. The van der Waals surface area contributed by atoms with E-state index in [2.05, 4.69) is 26.5 Å². The van der Waals surface area contributed by atoms with Crippen LogP contribution < -0.4 is 0 Å². The van der Waals surface area contributed by atoms with Gasteiger partial charge in [-0.15, -0.1) is 0 Å². The van der Waals surface area contributed by atoms with Crippen molar-refractivity contribution in [1.29, 1.82) is 0 Å². The van der Waals surface area contributed by atoms with E-state index in [0.717, 1.165) is 12.3 Å². The normalized spacial score (nSPS) is 20.4. The van der Waals surface area contributed by atoms with Crippen LogP contribution in [0.25, 0.3) is 5.76 Å². The molecule has 0 unspecified atom stereocenters. The third-order valence-corrected chi connectivity index (χ3v) is 6.61. The molecule has 13 nitrogen and oxygen atoms in total. The second kappa shape index (κ2) is 14.0. The number of ether oxygens (including phenoxy) is 5. The van der Waals surface area contributed by atoms with Crippen LogP contribution in [0, 0.1) is 11.9 Å². The van der Waals surface area contributed by atoms with Gasteiger partial charge in [-0.05, 0) is 48.5 Å². The summed E-state index contributed by atoms with van der Waals surface area (Å²) in [5.41, 5.74) is -0.718. The average molecular weight is 635 g/mol. The Morgan fingerprint density at radius 1 is 0.804 bits per heavy atom. The van der Waals surface area contributed by atoms with Crippen LogP contribution in [0.1, 0.15) is 36.6 Å². The molecule has 0 saturated carbocycles. The summed E-state index contributed by atoms with van der Waals surface area (Å²) >= 11 is 0. The SMILES string of the molecule is C=C(OC[C@@]1(O)O[C@H](COC(=O)c2cccnc2)[C@@H](OC(=O)c2cccnc2)[C@@H]1OC(=O)c1cccnc1F)c1cccnc1F. The molecule has 4 atom stereocenters. The van der Waals surface area contributed by atoms with E-state index >= 15 is 0 Å². The van der Waals surface area contributed by atoms with E-state index in [1.165, 1.54) is 73.4 Å². The van der Waals surface area contributed by atoms with Crippen LogP contribution in [-0.2, 0) is 23.7 Å². The molecule has 1 fully saturated rings. The first-order valence-corrected chi connectivity index (χ1v) is 13.5. The summed E-state index contributed by atoms with van der Waals surface area (Å²) < 4.78 is 56.5. The predicted octanol–water partition coefficient (Wildman–Crippen LogP) is 2.93. The number of aromatic nitrogens is 4. The molecular formula is C31H24F2N4O9. The number of nitrogens with zero attached hydrogens (tertiary/aromatic N) is 4. The lowest BCUT2D eigenvalue weighted by atomic mass is 10.0. The van der Waals surface area contributed by atoms with Gasteiger partial charge in [-0.1, -0.05) is 6.58 Å². The monoisotopic (exact) mass is 634 g/mol. The fraction of sp³-hybridized carbons (Fsp3) is 0.194. The van der Waals surface area contributed by atoms with Crippen LogP contribution >= 0.6 is 0 Å². The molecule has 5 rings (SSSR count). The first-order chi connectivity index (χ1) is 22.2. The lowest BCUT2D eigenvalue weighted by molar-refractivity contribution is -0.246. The maximum Gasteiger partial charge on any atom is 0.343 e. The van der Waals surface area contributed by atoms with Crippen LogP contribution in [0.5, 0.6) is 0 Å². The molecule has 4 aromatic rings. The third kappa shape index (κ3) is 7.17. The van der Waals surface area contributed by atoms with Gasteiger partial charge >= 0.3 is 17.9 Å². The summed E-state index contributed by atoms with van der Waals surface area (Å²) in [5.74, 6) is -8.20. The van der Waals surface area contributed by atoms with Gasteiger partial charge in [-0.2, -0.15) is 8.78 Å². The Morgan fingerprint density at radius 2 is 1.39 bits per heavy atom. The lowest BCUT2D eigenvalue weighted by Gasteiger charge is -2.30. The van der Waals surface area contributed by atoms with Crippen molar-refractivity contribution < 1.29 is 52.0 Å². The van der Waals surface area contributed by atoms with E-state index in [4.69, 9.17) is 23.7 Å². The Bertz CT molecular complexity index is 1730. The zero-order chi connectivity index (χ0) is 32.7. The second-order valence-corrected chi connectivity index (χ2v) is 9.67. The molecule has 15 heteroatoms. The molecule has 0 spiro atoms. The van der Waals surface area contributed by atoms with Gasteiger partial charge < -0.3 is 28.8 Å². The zero-order valence-corrected chi connectivity index (χ0v) is 23.7. The van der Waals surface area contributed by atoms with Gasteiger partial charge in [-0.3, -0.25) is 9.97 Å². The molecule has 236 valence electrons. The Hall–Kier alpha value is -5.67. The molecule has 5 heterocycles. The van der Waals surface area contributed by atoms with Crippen LogP contribution in [0.3, 0.4) is 0 Å². The smallest absolute Gasteiger partial charge is 0.343 e. The Kier molecular flexibility index (Phi) is 9.64. The van der Waals surface area contributed by atoms with Crippen molar-refractivity contribution >= 4 is 23.7 Å². The van der Waals surface area contributed by atoms with Crippen molar-refractivity contribution in [3.8, 4) is 0 Å². The molecule has 0 aromatic carbocycles. The van der Waals surface area contributed by atoms with Crippen molar-refractivity contribution in [1.82, 2.24) is 19.9 Å². The van der Waals surface area contributed by atoms with Crippen LogP contribution in [0.2, 0.25) is 0 Å². The van der Waals surface area contributed by atoms with E-state index < -0.39 is 72.7 Å². The Labute approximate surface area is 259 Å². The van der Waals surface area contributed by atoms with Crippen molar-refractivity contribution in [2.24, 2.45) is 0 Å². The highest BCUT2D eigenvalue weighted by Gasteiger charge is 2.60. The Balaban J connectivity index is 1.47. The fourth-order valence-corrected chi connectivity index (χ4v) is 4.37. The van der Waals surface area contributed by atoms with Gasteiger partial charge in [0, 0.05) is 37.2 Å². The lowest BCUT2D eigenvalue weighted by Crippen LogP contribution is -2.50. The van der Waals surface area contributed by atoms with Gasteiger partial charge in [0.05, 0.1) is 16.7 Å². The molecule has 1 N–H and O–H groups in total. The minimum atomic E-state index is -2.67. The number of halogens is 2. The quantitative estimate of drug-likeness (QED) is 0.111. The number of hydrogen-bond acceptors (Lipinski definition) is 13. The molecule has 1 aliphatic heterocycles. The molecule has 0 radical (unpaired) electrons. The molecule has 0 aliphatic carbocycles. The van der Waals surface area contributed by atoms with Crippen molar-refractivity contribution in [3.05, 3.63) is 126 Å². The maximum atomic E-state index is 14.4. The van der Waals surface area contributed by atoms with E-state index in [1.807, 2.05) is 0 Å². The topological polar surface area (TPSA) is 169 Å². The van der Waals surface area contributed by atoms with Crippen LogP contribution in [-0.4, -0.2) is 80.3 Å². The first kappa shape index (κ1) is 31.7. The minimum absolute atomic E-state index is 0.0240. The number of esters is 3. The average Bonchev–Trinajstić information content (AvgIpc) is 3.33. The highest BCUT2D eigenvalue weighted by molar-refractivity contribution is 5.90. The summed E-state index contributed by atoms with van der Waals surface area (Å²) in [4.78, 5) is 53.6. The van der Waals surface area contributed by atoms with Gasteiger partial charge in [0.15, 0.2) is 12.2 Å². The van der Waals surface area contributed by atoms with E-state index in [1.54, 1.807) is 0 Å². The van der Waals surface area contributed by atoms with E-state index in [-0.39, 0.29) is 22.4 Å². The maximum absolute atomic E-state index is 14.4. The predicted molar refractivity (Wildman–Crippen MR) is 150 cm³/mol. The van der Waals surface area contributed by atoms with Gasteiger partial charge in [0.1, 0.15) is 30.6 Å². The molecular weight excluding hydrogens is 610 g/mol. The van der Waals surface area contributed by atoms with Crippen LogP contribution in [0.15, 0.2) is 92.3 Å². The molecule has 4 aromatic heterocycles. The fourth-order valence-electron chi connectivity index (χ4n) is 4.37. The summed E-state index contributed by atoms with van der Waals surface area (Å²) in [7, 11) is 0. The Morgan fingerprint density at radius 3 is 1.98 bits per heavy atom. The third-order valence-electron chi connectivity index (χ3n) is 6.61. The largest absolute Gasteiger partial charge is 0.488 e. The number of pyridine rings is 4. The molecule has 0 bridgehead atoms. The molecule has 1 aliphatic rings. The summed E-state index contributed by atoms with van der Waals surface area (Å²) in [6, 6.07) is 10.9. The van der Waals surface area contributed by atoms with Gasteiger partial charge in [-0.25, -0.2) is 24.4 Å². The van der Waals surface area contributed by atoms with Crippen LogP contribution in [0.4, 0.5) is 8.78 Å². The van der Waals surface area contributed by atoms with Gasteiger partial charge in [0.25, 0.3) is 0 Å². The standard InChI is InChI=1S/C31H24F2N4O9/c1-18(21-8-4-12-36-26(21)32)43-17-31(41)25(45-30(40)22-9-5-13-37-27(22)33)24(44-29(39)20-7-3-11-35-15-20)23(46-31)16-42-28(38)19-6-2-10-34-14-19/h2-15,23-25,41H,1,16-17H2/t23-,24-,25+,31-/m1/s1.